The Kier molecular flexibility index (Phi) is 5.22. The van der Waals surface area contributed by atoms with E-state index in [0.717, 1.165) is 31.5 Å². The molecule has 1 aliphatic rings. The fraction of sp³-hybridized carbons (Fsp3) is 0.647. The number of rotatable bonds is 5. The van der Waals surface area contributed by atoms with Crippen LogP contribution in [-0.4, -0.2) is 36.7 Å². The quantitative estimate of drug-likeness (QED) is 0.902. The molecule has 1 N–H and O–H groups in total. The molecular formula is C17H27FN2O. The van der Waals surface area contributed by atoms with Crippen LogP contribution in [-0.2, 0) is 6.54 Å². The molecule has 1 aromatic carbocycles. The summed E-state index contributed by atoms with van der Waals surface area (Å²) < 4.78 is 19.2. The van der Waals surface area contributed by atoms with Crippen LogP contribution in [0, 0.1) is 5.82 Å². The zero-order valence-electron chi connectivity index (χ0n) is 13.6. The summed E-state index contributed by atoms with van der Waals surface area (Å²) in [5.41, 5.74) is 0.822. The maximum absolute atomic E-state index is 14.2. The highest BCUT2D eigenvalue weighted by Crippen LogP contribution is 2.23. The van der Waals surface area contributed by atoms with Gasteiger partial charge in [0.25, 0.3) is 0 Å². The van der Waals surface area contributed by atoms with Crippen LogP contribution in [0.5, 0.6) is 5.75 Å². The topological polar surface area (TPSA) is 24.5 Å². The van der Waals surface area contributed by atoms with E-state index in [-0.39, 0.29) is 11.4 Å². The van der Waals surface area contributed by atoms with E-state index in [1.807, 2.05) is 12.1 Å². The van der Waals surface area contributed by atoms with Crippen LogP contribution in [0.3, 0.4) is 0 Å². The summed E-state index contributed by atoms with van der Waals surface area (Å²) in [5.74, 6) is 0.392. The van der Waals surface area contributed by atoms with Crippen LogP contribution in [0.1, 0.15) is 39.2 Å². The van der Waals surface area contributed by atoms with E-state index < -0.39 is 0 Å². The largest absolute Gasteiger partial charge is 0.497 e. The molecule has 1 fully saturated rings. The van der Waals surface area contributed by atoms with Crippen LogP contribution in [0.15, 0.2) is 18.2 Å². The summed E-state index contributed by atoms with van der Waals surface area (Å²) in [6.45, 7) is 9.17. The van der Waals surface area contributed by atoms with Gasteiger partial charge in [0.15, 0.2) is 0 Å². The van der Waals surface area contributed by atoms with Crippen LogP contribution in [0.4, 0.5) is 4.39 Å². The lowest BCUT2D eigenvalue weighted by Gasteiger charge is -2.44. The van der Waals surface area contributed by atoms with Crippen molar-refractivity contribution in [3.63, 3.8) is 0 Å². The number of nitrogens with zero attached hydrogens (tertiary/aromatic N) is 1. The van der Waals surface area contributed by atoms with Crippen molar-refractivity contribution >= 4 is 0 Å². The Hall–Kier alpha value is -1.13. The second-order valence-electron chi connectivity index (χ2n) is 6.57. The molecule has 0 aliphatic carbocycles. The van der Waals surface area contributed by atoms with Gasteiger partial charge in [-0.05, 0) is 26.3 Å². The summed E-state index contributed by atoms with van der Waals surface area (Å²) in [6.07, 6.45) is 2.29. The first-order chi connectivity index (χ1) is 9.95. The van der Waals surface area contributed by atoms with Gasteiger partial charge in [-0.25, -0.2) is 4.39 Å². The molecule has 21 heavy (non-hydrogen) atoms. The molecule has 0 spiro atoms. The molecule has 0 aromatic heterocycles. The third kappa shape index (κ3) is 4.17. The lowest BCUT2D eigenvalue weighted by Crippen LogP contribution is -2.61. The van der Waals surface area contributed by atoms with Crippen molar-refractivity contribution in [3.8, 4) is 5.75 Å². The van der Waals surface area contributed by atoms with E-state index in [4.69, 9.17) is 4.74 Å². The van der Waals surface area contributed by atoms with Gasteiger partial charge < -0.3 is 10.1 Å². The van der Waals surface area contributed by atoms with Crippen molar-refractivity contribution in [3.05, 3.63) is 29.6 Å². The minimum absolute atomic E-state index is 0.0766. The second-order valence-corrected chi connectivity index (χ2v) is 6.57. The van der Waals surface area contributed by atoms with Crippen molar-refractivity contribution in [2.75, 3.05) is 20.2 Å². The Labute approximate surface area is 127 Å². The first-order valence-corrected chi connectivity index (χ1v) is 7.76. The van der Waals surface area contributed by atoms with Crippen molar-refractivity contribution in [1.82, 2.24) is 10.2 Å². The zero-order valence-corrected chi connectivity index (χ0v) is 13.6. The molecule has 1 heterocycles. The minimum Gasteiger partial charge on any atom is -0.497 e. The SMILES string of the molecule is CCCC1CNC(C)(C)CN1Cc1ccc(OC)cc1F. The Balaban J connectivity index is 2.13. The van der Waals surface area contributed by atoms with Crippen molar-refractivity contribution in [1.29, 1.82) is 0 Å². The molecule has 1 atom stereocenters. The fourth-order valence-electron chi connectivity index (χ4n) is 3.02. The minimum atomic E-state index is -0.180. The molecule has 1 saturated heterocycles. The van der Waals surface area contributed by atoms with Crippen molar-refractivity contribution < 1.29 is 9.13 Å². The van der Waals surface area contributed by atoms with Crippen molar-refractivity contribution in [2.45, 2.75) is 51.7 Å². The molecule has 1 unspecified atom stereocenters. The number of nitrogens with one attached hydrogen (secondary N) is 1. The summed E-state index contributed by atoms with van der Waals surface area (Å²) in [5, 5.41) is 3.59. The Morgan fingerprint density at radius 1 is 1.43 bits per heavy atom. The Morgan fingerprint density at radius 3 is 2.81 bits per heavy atom. The Morgan fingerprint density at radius 2 is 2.19 bits per heavy atom. The molecule has 0 amide bonds. The molecule has 0 saturated carbocycles. The number of hydrogen-bond donors (Lipinski definition) is 1. The highest BCUT2D eigenvalue weighted by Gasteiger charge is 2.32. The summed E-state index contributed by atoms with van der Waals surface area (Å²) in [6, 6.07) is 5.62. The van der Waals surface area contributed by atoms with Gasteiger partial charge in [-0.3, -0.25) is 4.90 Å². The highest BCUT2D eigenvalue weighted by atomic mass is 19.1. The maximum Gasteiger partial charge on any atom is 0.131 e. The highest BCUT2D eigenvalue weighted by molar-refractivity contribution is 5.29. The van der Waals surface area contributed by atoms with Crippen molar-refractivity contribution in [2.24, 2.45) is 0 Å². The zero-order chi connectivity index (χ0) is 15.5. The molecule has 2 rings (SSSR count). The molecule has 118 valence electrons. The van der Waals surface area contributed by atoms with E-state index in [0.29, 0.717) is 18.3 Å². The number of hydrogen-bond acceptors (Lipinski definition) is 3. The second kappa shape index (κ2) is 6.75. The number of piperazine rings is 1. The molecule has 0 bridgehead atoms. The van der Waals surface area contributed by atoms with E-state index in [1.54, 1.807) is 7.11 Å². The first kappa shape index (κ1) is 16.2. The third-order valence-corrected chi connectivity index (χ3v) is 4.19. The smallest absolute Gasteiger partial charge is 0.131 e. The van der Waals surface area contributed by atoms with Crippen LogP contribution < -0.4 is 10.1 Å². The van der Waals surface area contributed by atoms with E-state index >= 15 is 0 Å². The average molecular weight is 294 g/mol. The van der Waals surface area contributed by atoms with Gasteiger partial charge in [0.05, 0.1) is 7.11 Å². The van der Waals surface area contributed by atoms with Gasteiger partial charge in [-0.1, -0.05) is 19.4 Å². The van der Waals surface area contributed by atoms with Gasteiger partial charge in [0, 0.05) is 42.8 Å². The van der Waals surface area contributed by atoms with Crippen LogP contribution in [0.25, 0.3) is 0 Å². The van der Waals surface area contributed by atoms with Gasteiger partial charge >= 0.3 is 0 Å². The standard InChI is InChI=1S/C17H27FN2O/c1-5-6-14-10-19-17(2,3)12-20(14)11-13-7-8-15(21-4)9-16(13)18/h7-9,14,19H,5-6,10-12H2,1-4H3. The van der Waals surface area contributed by atoms with Crippen LogP contribution in [0.2, 0.25) is 0 Å². The molecular weight excluding hydrogens is 267 g/mol. The normalized spacial score (nSPS) is 22.2. The van der Waals surface area contributed by atoms with Gasteiger partial charge in [-0.15, -0.1) is 0 Å². The molecule has 4 heteroatoms. The molecule has 1 aliphatic heterocycles. The van der Waals surface area contributed by atoms with Gasteiger partial charge in [0.1, 0.15) is 11.6 Å². The maximum atomic E-state index is 14.2. The molecule has 1 aromatic rings. The number of halogens is 1. The number of benzene rings is 1. The Bertz CT molecular complexity index is 476. The lowest BCUT2D eigenvalue weighted by atomic mass is 9.96. The number of methoxy groups -OCH3 is 1. The van der Waals surface area contributed by atoms with Gasteiger partial charge in [-0.2, -0.15) is 0 Å². The third-order valence-electron chi connectivity index (χ3n) is 4.19. The van der Waals surface area contributed by atoms with E-state index in [2.05, 4.69) is 31.0 Å². The summed E-state index contributed by atoms with van der Waals surface area (Å²) in [7, 11) is 1.56. The number of ether oxygens (including phenoxy) is 1. The summed E-state index contributed by atoms with van der Waals surface area (Å²) in [4.78, 5) is 2.41. The lowest BCUT2D eigenvalue weighted by molar-refractivity contribution is 0.0816. The van der Waals surface area contributed by atoms with Gasteiger partial charge in [0.2, 0.25) is 0 Å². The summed E-state index contributed by atoms with van der Waals surface area (Å²) >= 11 is 0. The molecule has 3 nitrogen and oxygen atoms in total. The predicted octanol–water partition coefficient (Wildman–Crippen LogP) is 3.19. The van der Waals surface area contributed by atoms with E-state index in [1.165, 1.54) is 6.07 Å². The van der Waals surface area contributed by atoms with E-state index in [9.17, 15) is 4.39 Å². The molecule has 0 radical (unpaired) electrons. The average Bonchev–Trinajstić information content (AvgIpc) is 2.43. The fourth-order valence-corrected chi connectivity index (χ4v) is 3.02. The first-order valence-electron chi connectivity index (χ1n) is 7.76. The van der Waals surface area contributed by atoms with Crippen LogP contribution >= 0.6 is 0 Å². The predicted molar refractivity (Wildman–Crippen MR) is 84.1 cm³/mol. The monoisotopic (exact) mass is 294 g/mol.